The molecule has 0 fully saturated rings. The molecule has 0 amide bonds. The topological polar surface area (TPSA) is 54.0 Å². The van der Waals surface area contributed by atoms with Crippen LogP contribution in [0.25, 0.3) is 11.3 Å². The Bertz CT molecular complexity index is 911. The van der Waals surface area contributed by atoms with Gasteiger partial charge in [0.05, 0.1) is 26.9 Å². The van der Waals surface area contributed by atoms with Gasteiger partial charge in [-0.05, 0) is 54.0 Å². The summed E-state index contributed by atoms with van der Waals surface area (Å²) >= 11 is 0. The third-order valence-electron chi connectivity index (χ3n) is 4.41. The van der Waals surface area contributed by atoms with Crippen LogP contribution in [-0.2, 0) is 11.2 Å². The van der Waals surface area contributed by atoms with Gasteiger partial charge in [0.2, 0.25) is 0 Å². The number of carbonyl (C=O) groups is 1. The number of carbonyl (C=O) groups excluding carboxylic acids is 1. The van der Waals surface area contributed by atoms with Gasteiger partial charge in [0.15, 0.2) is 11.5 Å². The molecule has 0 unspecified atom stereocenters. The molecule has 5 heteroatoms. The number of hydrogen-bond donors (Lipinski definition) is 0. The second kappa shape index (κ2) is 7.99. The molecular weight excluding hydrogens is 344 g/mol. The molecule has 140 valence electrons. The Morgan fingerprint density at radius 3 is 2.41 bits per heavy atom. The summed E-state index contributed by atoms with van der Waals surface area (Å²) < 4.78 is 22.3. The Morgan fingerprint density at radius 2 is 1.74 bits per heavy atom. The molecule has 2 aromatic carbocycles. The SMILES string of the molecule is C=C1C=C(c2ccc(OC)c(OC)c2)Oc2cc(CCC=O)cc(OC)c21. The van der Waals surface area contributed by atoms with E-state index in [1.165, 1.54) is 0 Å². The van der Waals surface area contributed by atoms with E-state index in [-0.39, 0.29) is 0 Å². The van der Waals surface area contributed by atoms with Crippen LogP contribution in [0.4, 0.5) is 0 Å². The van der Waals surface area contributed by atoms with Crippen molar-refractivity contribution in [2.24, 2.45) is 0 Å². The highest BCUT2D eigenvalue weighted by Crippen LogP contribution is 2.43. The van der Waals surface area contributed by atoms with E-state index >= 15 is 0 Å². The van der Waals surface area contributed by atoms with Gasteiger partial charge in [-0.1, -0.05) is 6.58 Å². The molecule has 0 bridgehead atoms. The Balaban J connectivity index is 2.01. The second-order valence-electron chi connectivity index (χ2n) is 6.08. The van der Waals surface area contributed by atoms with Crippen LogP contribution in [-0.4, -0.2) is 27.6 Å². The number of rotatable bonds is 7. The first-order valence-electron chi connectivity index (χ1n) is 8.57. The van der Waals surface area contributed by atoms with Crippen molar-refractivity contribution in [3.63, 3.8) is 0 Å². The van der Waals surface area contributed by atoms with Crippen LogP contribution >= 0.6 is 0 Å². The number of allylic oxidation sites excluding steroid dienone is 2. The van der Waals surface area contributed by atoms with Crippen molar-refractivity contribution in [3.05, 3.63) is 59.7 Å². The molecule has 27 heavy (non-hydrogen) atoms. The van der Waals surface area contributed by atoms with Crippen LogP contribution in [0.1, 0.15) is 23.1 Å². The number of aldehydes is 1. The smallest absolute Gasteiger partial charge is 0.161 e. The van der Waals surface area contributed by atoms with Gasteiger partial charge in [0.25, 0.3) is 0 Å². The van der Waals surface area contributed by atoms with Gasteiger partial charge in [-0.2, -0.15) is 0 Å². The van der Waals surface area contributed by atoms with Gasteiger partial charge in [-0.3, -0.25) is 0 Å². The summed E-state index contributed by atoms with van der Waals surface area (Å²) in [6.45, 7) is 4.16. The number of ether oxygens (including phenoxy) is 4. The summed E-state index contributed by atoms with van der Waals surface area (Å²) in [5.41, 5.74) is 3.42. The lowest BCUT2D eigenvalue weighted by Crippen LogP contribution is -2.06. The molecule has 3 rings (SSSR count). The molecule has 0 atom stereocenters. The average Bonchev–Trinajstić information content (AvgIpc) is 2.70. The molecule has 0 aromatic heterocycles. The molecule has 1 heterocycles. The first-order valence-corrected chi connectivity index (χ1v) is 8.57. The highest BCUT2D eigenvalue weighted by atomic mass is 16.5. The molecular formula is C22H22O5. The first kappa shape index (κ1) is 18.6. The fourth-order valence-electron chi connectivity index (χ4n) is 3.08. The maximum atomic E-state index is 10.7. The molecule has 0 radical (unpaired) electrons. The van der Waals surface area contributed by atoms with Crippen LogP contribution in [0.5, 0.6) is 23.0 Å². The molecule has 1 aliphatic rings. The summed E-state index contributed by atoms with van der Waals surface area (Å²) in [7, 11) is 4.80. The summed E-state index contributed by atoms with van der Waals surface area (Å²) in [5, 5.41) is 0. The number of benzene rings is 2. The van der Waals surface area contributed by atoms with Crippen LogP contribution in [0.15, 0.2) is 43.0 Å². The number of methoxy groups -OCH3 is 3. The Labute approximate surface area is 158 Å². The zero-order valence-corrected chi connectivity index (χ0v) is 15.7. The average molecular weight is 366 g/mol. The second-order valence-corrected chi connectivity index (χ2v) is 6.08. The Kier molecular flexibility index (Phi) is 5.50. The van der Waals surface area contributed by atoms with Crippen LogP contribution in [0.3, 0.4) is 0 Å². The molecule has 5 nitrogen and oxygen atoms in total. The number of aryl methyl sites for hydroxylation is 1. The van der Waals surface area contributed by atoms with Crippen molar-refractivity contribution in [2.75, 3.05) is 21.3 Å². The Morgan fingerprint density at radius 1 is 1.00 bits per heavy atom. The first-order chi connectivity index (χ1) is 13.1. The number of fused-ring (bicyclic) bond motifs is 1. The molecule has 1 aliphatic heterocycles. The number of hydrogen-bond acceptors (Lipinski definition) is 5. The van der Waals surface area contributed by atoms with E-state index in [0.29, 0.717) is 41.6 Å². The Hall–Kier alpha value is -3.21. The molecule has 0 saturated heterocycles. The molecule has 0 N–H and O–H groups in total. The van der Waals surface area contributed by atoms with Crippen molar-refractivity contribution in [3.8, 4) is 23.0 Å². The summed E-state index contributed by atoms with van der Waals surface area (Å²) in [6.07, 6.45) is 3.84. The standard InChI is InChI=1S/C22H22O5/c1-14-10-18(16-7-8-17(24-2)19(13-16)25-3)27-21-12-15(6-5-9-23)11-20(26-4)22(14)21/h7-13H,1,5-6H2,2-4H3. The van der Waals surface area contributed by atoms with Crippen molar-refractivity contribution in [2.45, 2.75) is 12.8 Å². The summed E-state index contributed by atoms with van der Waals surface area (Å²) in [4.78, 5) is 10.7. The van der Waals surface area contributed by atoms with Gasteiger partial charge in [-0.25, -0.2) is 0 Å². The quantitative estimate of drug-likeness (QED) is 0.684. The van der Waals surface area contributed by atoms with Gasteiger partial charge < -0.3 is 23.7 Å². The van der Waals surface area contributed by atoms with E-state index < -0.39 is 0 Å². The monoisotopic (exact) mass is 366 g/mol. The van der Waals surface area contributed by atoms with Crippen LogP contribution in [0.2, 0.25) is 0 Å². The van der Waals surface area contributed by atoms with Crippen LogP contribution < -0.4 is 18.9 Å². The predicted molar refractivity (Wildman–Crippen MR) is 105 cm³/mol. The van der Waals surface area contributed by atoms with Crippen molar-refractivity contribution in [1.82, 2.24) is 0 Å². The summed E-state index contributed by atoms with van der Waals surface area (Å²) in [6, 6.07) is 9.44. The highest BCUT2D eigenvalue weighted by molar-refractivity contribution is 5.90. The fraction of sp³-hybridized carbons (Fsp3) is 0.227. The van der Waals surface area contributed by atoms with E-state index in [1.807, 2.05) is 36.4 Å². The fourth-order valence-corrected chi connectivity index (χ4v) is 3.08. The molecule has 0 spiro atoms. The lowest BCUT2D eigenvalue weighted by atomic mass is 9.97. The van der Waals surface area contributed by atoms with Gasteiger partial charge in [0, 0.05) is 12.0 Å². The van der Waals surface area contributed by atoms with E-state index in [0.717, 1.165) is 28.5 Å². The molecule has 0 saturated carbocycles. The van der Waals surface area contributed by atoms with Crippen molar-refractivity contribution >= 4 is 17.6 Å². The van der Waals surface area contributed by atoms with Crippen LogP contribution in [0, 0.1) is 0 Å². The minimum absolute atomic E-state index is 0.446. The van der Waals surface area contributed by atoms with Crippen molar-refractivity contribution in [1.29, 1.82) is 0 Å². The predicted octanol–water partition coefficient (Wildman–Crippen LogP) is 4.29. The van der Waals surface area contributed by atoms with E-state index in [9.17, 15) is 4.79 Å². The largest absolute Gasteiger partial charge is 0.496 e. The van der Waals surface area contributed by atoms with E-state index in [2.05, 4.69) is 6.58 Å². The normalized spacial score (nSPS) is 12.6. The summed E-state index contributed by atoms with van der Waals surface area (Å²) in [5.74, 6) is 3.26. The lowest BCUT2D eigenvalue weighted by molar-refractivity contribution is -0.107. The van der Waals surface area contributed by atoms with E-state index in [1.54, 1.807) is 21.3 Å². The van der Waals surface area contributed by atoms with Gasteiger partial charge in [0.1, 0.15) is 23.5 Å². The van der Waals surface area contributed by atoms with Crippen molar-refractivity contribution < 1.29 is 23.7 Å². The minimum atomic E-state index is 0.446. The van der Waals surface area contributed by atoms with Gasteiger partial charge >= 0.3 is 0 Å². The van der Waals surface area contributed by atoms with E-state index in [4.69, 9.17) is 18.9 Å². The minimum Gasteiger partial charge on any atom is -0.496 e. The van der Waals surface area contributed by atoms with Gasteiger partial charge in [-0.15, -0.1) is 0 Å². The zero-order chi connectivity index (χ0) is 19.4. The maximum absolute atomic E-state index is 10.7. The lowest BCUT2D eigenvalue weighted by Gasteiger charge is -2.23. The zero-order valence-electron chi connectivity index (χ0n) is 15.7. The third kappa shape index (κ3) is 3.67. The molecule has 0 aliphatic carbocycles. The highest BCUT2D eigenvalue weighted by Gasteiger charge is 2.22. The molecule has 2 aromatic rings. The third-order valence-corrected chi connectivity index (χ3v) is 4.41. The maximum Gasteiger partial charge on any atom is 0.161 e.